The number of hydrogen-bond acceptors (Lipinski definition) is 2. The second-order valence-electron chi connectivity index (χ2n) is 5.79. The minimum Gasteiger partial charge on any atom is -0.341 e. The smallest absolute Gasteiger partial charge is 0.341 e. The third-order valence-electron chi connectivity index (χ3n) is 3.84. The molecule has 3 nitrogen and oxygen atoms in total. The number of carbonyl (C=O) groups excluding carboxylic acids is 1. The first-order valence-corrected chi connectivity index (χ1v) is 7.99. The summed E-state index contributed by atoms with van der Waals surface area (Å²) >= 11 is 0. The lowest BCUT2D eigenvalue weighted by Crippen LogP contribution is -2.38. The molecule has 0 aromatic heterocycles. The van der Waals surface area contributed by atoms with Crippen LogP contribution in [0.25, 0.3) is 0 Å². The molecule has 0 spiro atoms. The average Bonchev–Trinajstić information content (AvgIpc) is 2.62. The maximum Gasteiger partial charge on any atom is 0.401 e. The summed E-state index contributed by atoms with van der Waals surface area (Å²) in [5.74, 6) is 0.0976. The molecule has 1 aliphatic heterocycles. The van der Waals surface area contributed by atoms with Gasteiger partial charge in [0.2, 0.25) is 5.91 Å². The van der Waals surface area contributed by atoms with Gasteiger partial charge in [-0.25, -0.2) is 0 Å². The van der Waals surface area contributed by atoms with Crippen LogP contribution in [0.3, 0.4) is 0 Å². The molecule has 1 rings (SSSR count). The summed E-state index contributed by atoms with van der Waals surface area (Å²) in [7, 11) is 0. The highest BCUT2D eigenvalue weighted by molar-refractivity contribution is 5.76. The molecule has 1 saturated heterocycles. The molecule has 0 aromatic rings. The molecular formula is C15H27F3N2O. The lowest BCUT2D eigenvalue weighted by molar-refractivity contribution is -0.145. The van der Waals surface area contributed by atoms with Gasteiger partial charge < -0.3 is 4.90 Å². The van der Waals surface area contributed by atoms with E-state index >= 15 is 0 Å². The van der Waals surface area contributed by atoms with Gasteiger partial charge in [-0.3, -0.25) is 9.69 Å². The summed E-state index contributed by atoms with van der Waals surface area (Å²) in [5, 5.41) is 0. The van der Waals surface area contributed by atoms with Gasteiger partial charge >= 0.3 is 6.18 Å². The van der Waals surface area contributed by atoms with Gasteiger partial charge in [-0.1, -0.05) is 32.6 Å². The van der Waals surface area contributed by atoms with Crippen LogP contribution in [0.1, 0.15) is 51.9 Å². The fraction of sp³-hybridized carbons (Fsp3) is 0.933. The minimum absolute atomic E-state index is 0.0976. The molecule has 1 aliphatic rings. The SMILES string of the molecule is CCCCCCCC(=O)N1CCCN(CC(F)(F)F)CC1. The van der Waals surface area contributed by atoms with Crippen LogP contribution in [-0.4, -0.2) is 54.6 Å². The first-order valence-electron chi connectivity index (χ1n) is 7.99. The van der Waals surface area contributed by atoms with E-state index < -0.39 is 12.7 Å². The van der Waals surface area contributed by atoms with Crippen molar-refractivity contribution in [1.82, 2.24) is 9.80 Å². The van der Waals surface area contributed by atoms with Gasteiger partial charge in [0.1, 0.15) is 0 Å². The van der Waals surface area contributed by atoms with Gasteiger partial charge in [0.25, 0.3) is 0 Å². The Bertz CT molecular complexity index is 308. The van der Waals surface area contributed by atoms with Crippen molar-refractivity contribution in [3.63, 3.8) is 0 Å². The Morgan fingerprint density at radius 1 is 1.00 bits per heavy atom. The third kappa shape index (κ3) is 8.29. The number of nitrogens with zero attached hydrogens (tertiary/aromatic N) is 2. The van der Waals surface area contributed by atoms with Crippen LogP contribution in [0.5, 0.6) is 0 Å². The number of amides is 1. The molecule has 0 unspecified atom stereocenters. The van der Waals surface area contributed by atoms with E-state index in [9.17, 15) is 18.0 Å². The Hall–Kier alpha value is -0.780. The van der Waals surface area contributed by atoms with E-state index in [1.54, 1.807) is 4.90 Å². The number of unbranched alkanes of at least 4 members (excludes halogenated alkanes) is 4. The van der Waals surface area contributed by atoms with Gasteiger partial charge in [0.05, 0.1) is 6.54 Å². The van der Waals surface area contributed by atoms with Crippen LogP contribution in [0, 0.1) is 0 Å². The third-order valence-corrected chi connectivity index (χ3v) is 3.84. The van der Waals surface area contributed by atoms with Gasteiger partial charge in [0.15, 0.2) is 0 Å². The Kier molecular flexibility index (Phi) is 8.07. The zero-order chi connectivity index (χ0) is 15.7. The van der Waals surface area contributed by atoms with Crippen molar-refractivity contribution in [3.8, 4) is 0 Å². The normalized spacial score (nSPS) is 17.8. The van der Waals surface area contributed by atoms with E-state index in [2.05, 4.69) is 6.92 Å². The Morgan fingerprint density at radius 3 is 2.38 bits per heavy atom. The minimum atomic E-state index is -4.15. The highest BCUT2D eigenvalue weighted by Crippen LogP contribution is 2.18. The van der Waals surface area contributed by atoms with Crippen LogP contribution in [-0.2, 0) is 4.79 Å². The highest BCUT2D eigenvalue weighted by Gasteiger charge is 2.31. The van der Waals surface area contributed by atoms with Gasteiger partial charge in [-0.2, -0.15) is 13.2 Å². The molecule has 0 radical (unpaired) electrons. The first kappa shape index (κ1) is 18.3. The summed E-state index contributed by atoms with van der Waals surface area (Å²) < 4.78 is 37.1. The van der Waals surface area contributed by atoms with Crippen molar-refractivity contribution in [1.29, 1.82) is 0 Å². The predicted octanol–water partition coefficient (Wildman–Crippen LogP) is 3.44. The zero-order valence-corrected chi connectivity index (χ0v) is 12.9. The van der Waals surface area contributed by atoms with Gasteiger partial charge in [0, 0.05) is 32.6 Å². The zero-order valence-electron chi connectivity index (χ0n) is 12.9. The Labute approximate surface area is 125 Å². The van der Waals surface area contributed by atoms with Crippen LogP contribution >= 0.6 is 0 Å². The Morgan fingerprint density at radius 2 is 1.71 bits per heavy atom. The molecule has 0 bridgehead atoms. The first-order chi connectivity index (χ1) is 9.92. The van der Waals surface area contributed by atoms with Crippen LogP contribution in [0.15, 0.2) is 0 Å². The molecule has 0 atom stereocenters. The maximum absolute atomic E-state index is 12.4. The van der Waals surface area contributed by atoms with E-state index in [-0.39, 0.29) is 5.91 Å². The second kappa shape index (κ2) is 9.28. The summed E-state index contributed by atoms with van der Waals surface area (Å²) in [6, 6.07) is 0. The van der Waals surface area contributed by atoms with Crippen molar-refractivity contribution in [2.24, 2.45) is 0 Å². The van der Waals surface area contributed by atoms with Crippen molar-refractivity contribution in [2.45, 2.75) is 58.0 Å². The predicted molar refractivity (Wildman–Crippen MR) is 77.1 cm³/mol. The molecular weight excluding hydrogens is 281 g/mol. The summed E-state index contributed by atoms with van der Waals surface area (Å²) in [6.45, 7) is 3.02. The molecule has 0 aromatic carbocycles. The van der Waals surface area contributed by atoms with Crippen molar-refractivity contribution >= 4 is 5.91 Å². The van der Waals surface area contributed by atoms with E-state index in [1.165, 1.54) is 17.7 Å². The highest BCUT2D eigenvalue weighted by atomic mass is 19.4. The van der Waals surface area contributed by atoms with Crippen molar-refractivity contribution < 1.29 is 18.0 Å². The second-order valence-corrected chi connectivity index (χ2v) is 5.79. The molecule has 1 fully saturated rings. The molecule has 0 N–H and O–H groups in total. The lowest BCUT2D eigenvalue weighted by Gasteiger charge is -2.22. The van der Waals surface area contributed by atoms with Crippen molar-refractivity contribution in [3.05, 3.63) is 0 Å². The number of alkyl halides is 3. The molecule has 124 valence electrons. The maximum atomic E-state index is 12.4. The topological polar surface area (TPSA) is 23.6 Å². The number of halogens is 3. The average molecular weight is 308 g/mol. The van der Waals surface area contributed by atoms with E-state index in [4.69, 9.17) is 0 Å². The summed E-state index contributed by atoms with van der Waals surface area (Å²) in [6.07, 6.45) is 2.48. The summed E-state index contributed by atoms with van der Waals surface area (Å²) in [5.41, 5.74) is 0. The largest absolute Gasteiger partial charge is 0.401 e. The lowest BCUT2D eigenvalue weighted by atomic mass is 10.1. The van der Waals surface area contributed by atoms with Gasteiger partial charge in [-0.15, -0.1) is 0 Å². The molecule has 21 heavy (non-hydrogen) atoms. The van der Waals surface area contributed by atoms with Crippen LogP contribution in [0.2, 0.25) is 0 Å². The summed E-state index contributed by atoms with van der Waals surface area (Å²) in [4.78, 5) is 15.2. The fourth-order valence-corrected chi connectivity index (χ4v) is 2.67. The van der Waals surface area contributed by atoms with E-state index in [1.807, 2.05) is 0 Å². The van der Waals surface area contributed by atoms with Crippen molar-refractivity contribution in [2.75, 3.05) is 32.7 Å². The number of rotatable bonds is 7. The van der Waals surface area contributed by atoms with E-state index in [0.29, 0.717) is 39.0 Å². The molecule has 1 amide bonds. The molecule has 0 aliphatic carbocycles. The molecule has 6 heteroatoms. The monoisotopic (exact) mass is 308 g/mol. The fourth-order valence-electron chi connectivity index (χ4n) is 2.67. The molecule has 1 heterocycles. The Balaban J connectivity index is 2.25. The van der Waals surface area contributed by atoms with Crippen LogP contribution < -0.4 is 0 Å². The standard InChI is InChI=1S/C15H27F3N2O/c1-2-3-4-5-6-8-14(21)20-10-7-9-19(11-12-20)13-15(16,17)18/h2-13H2,1H3. The van der Waals surface area contributed by atoms with Gasteiger partial charge in [-0.05, 0) is 12.8 Å². The number of carbonyl (C=O) groups is 1. The molecule has 0 saturated carbocycles. The van der Waals surface area contributed by atoms with Crippen LogP contribution in [0.4, 0.5) is 13.2 Å². The quantitative estimate of drug-likeness (QED) is 0.673. The number of hydrogen-bond donors (Lipinski definition) is 0. The van der Waals surface area contributed by atoms with E-state index in [0.717, 1.165) is 19.3 Å².